The van der Waals surface area contributed by atoms with Gasteiger partial charge in [0.1, 0.15) is 28.5 Å². The molecule has 0 spiro atoms. The van der Waals surface area contributed by atoms with Crippen LogP contribution < -0.4 is 11.5 Å². The zero-order valence-electron chi connectivity index (χ0n) is 13.0. The second-order valence-corrected chi connectivity index (χ2v) is 6.06. The van der Waals surface area contributed by atoms with Crippen molar-refractivity contribution in [3.8, 4) is 23.3 Å². The van der Waals surface area contributed by atoms with Crippen LogP contribution in [-0.4, -0.2) is 9.97 Å². The summed E-state index contributed by atoms with van der Waals surface area (Å²) in [7, 11) is 0. The van der Waals surface area contributed by atoms with Crippen molar-refractivity contribution in [3.05, 3.63) is 59.9 Å². The highest BCUT2D eigenvalue weighted by Crippen LogP contribution is 2.39. The number of hydrogen-bond donors (Lipinski definition) is 2. The molecular formula is C18H12N6S. The molecule has 3 rings (SSSR count). The van der Waals surface area contributed by atoms with E-state index in [1.807, 2.05) is 24.3 Å². The molecule has 0 fully saturated rings. The molecule has 0 unspecified atom stereocenters. The summed E-state index contributed by atoms with van der Waals surface area (Å²) in [6.07, 6.45) is 3.20. The Kier molecular flexibility index (Phi) is 4.51. The van der Waals surface area contributed by atoms with Crippen LogP contribution in [0.25, 0.3) is 11.1 Å². The molecule has 0 bridgehead atoms. The van der Waals surface area contributed by atoms with Crippen molar-refractivity contribution >= 4 is 23.3 Å². The van der Waals surface area contributed by atoms with E-state index in [1.165, 1.54) is 11.8 Å². The maximum absolute atomic E-state index is 9.71. The predicted octanol–water partition coefficient (Wildman–Crippen LogP) is 3.20. The monoisotopic (exact) mass is 344 g/mol. The van der Waals surface area contributed by atoms with E-state index in [4.69, 9.17) is 11.5 Å². The standard InChI is InChI=1S/C18H12N6S/c19-8-12-16(11-4-3-7-23-10-11)13(9-20)18(24-17(12)22)25-15-6-2-1-5-14(15)21/h1-7,10H,21H2,(H2,22,24). The molecule has 0 amide bonds. The number of anilines is 2. The van der Waals surface area contributed by atoms with Gasteiger partial charge in [-0.3, -0.25) is 4.98 Å². The first-order valence-electron chi connectivity index (χ1n) is 7.22. The van der Waals surface area contributed by atoms with E-state index in [0.29, 0.717) is 21.8 Å². The van der Waals surface area contributed by atoms with Crippen molar-refractivity contribution < 1.29 is 0 Å². The van der Waals surface area contributed by atoms with Crippen molar-refractivity contribution in [2.24, 2.45) is 0 Å². The number of hydrogen-bond acceptors (Lipinski definition) is 7. The first-order chi connectivity index (χ1) is 12.2. The van der Waals surface area contributed by atoms with Gasteiger partial charge in [-0.15, -0.1) is 0 Å². The average molecular weight is 344 g/mol. The average Bonchev–Trinajstić information content (AvgIpc) is 2.64. The Labute approximate surface area is 148 Å². The van der Waals surface area contributed by atoms with Crippen molar-refractivity contribution in [2.75, 3.05) is 11.5 Å². The third kappa shape index (κ3) is 3.09. The number of aromatic nitrogens is 2. The van der Waals surface area contributed by atoms with E-state index in [1.54, 1.807) is 30.6 Å². The van der Waals surface area contributed by atoms with Gasteiger partial charge in [0.05, 0.1) is 5.56 Å². The molecule has 1 aromatic carbocycles. The molecule has 3 aromatic rings. The van der Waals surface area contributed by atoms with Crippen molar-refractivity contribution in [1.82, 2.24) is 9.97 Å². The fraction of sp³-hybridized carbons (Fsp3) is 0. The summed E-state index contributed by atoms with van der Waals surface area (Å²) < 4.78 is 0. The number of nitrogens with two attached hydrogens (primary N) is 2. The third-order valence-corrected chi connectivity index (χ3v) is 4.57. The van der Waals surface area contributed by atoms with Gasteiger partial charge < -0.3 is 11.5 Å². The number of para-hydroxylation sites is 1. The van der Waals surface area contributed by atoms with Gasteiger partial charge in [-0.25, -0.2) is 4.98 Å². The second-order valence-electron chi connectivity index (χ2n) is 5.03. The van der Waals surface area contributed by atoms with E-state index < -0.39 is 0 Å². The van der Waals surface area contributed by atoms with E-state index >= 15 is 0 Å². The zero-order chi connectivity index (χ0) is 17.8. The number of nitrogens with zero attached hydrogens (tertiary/aromatic N) is 4. The van der Waals surface area contributed by atoms with Crippen molar-refractivity contribution in [3.63, 3.8) is 0 Å². The molecule has 7 heteroatoms. The molecule has 0 aliphatic heterocycles. The van der Waals surface area contributed by atoms with Crippen LogP contribution in [0.5, 0.6) is 0 Å². The van der Waals surface area contributed by atoms with Gasteiger partial charge in [-0.2, -0.15) is 10.5 Å². The fourth-order valence-electron chi connectivity index (χ4n) is 2.35. The fourth-order valence-corrected chi connectivity index (χ4v) is 3.28. The summed E-state index contributed by atoms with van der Waals surface area (Å²) in [5.41, 5.74) is 14.0. The molecule has 0 atom stereocenters. The second kappa shape index (κ2) is 6.91. The highest BCUT2D eigenvalue weighted by atomic mass is 32.2. The normalized spacial score (nSPS) is 10.0. The van der Waals surface area contributed by atoms with Gasteiger partial charge in [0.15, 0.2) is 0 Å². The first kappa shape index (κ1) is 16.3. The molecule has 0 saturated heterocycles. The molecule has 0 radical (unpaired) electrons. The highest BCUT2D eigenvalue weighted by Gasteiger charge is 2.21. The summed E-state index contributed by atoms with van der Waals surface area (Å²) in [5, 5.41) is 19.6. The lowest BCUT2D eigenvalue weighted by Gasteiger charge is -2.13. The minimum Gasteiger partial charge on any atom is -0.398 e. The van der Waals surface area contributed by atoms with Crippen molar-refractivity contribution in [2.45, 2.75) is 9.92 Å². The molecule has 25 heavy (non-hydrogen) atoms. The lowest BCUT2D eigenvalue weighted by Crippen LogP contribution is -2.03. The molecule has 0 aliphatic rings. The van der Waals surface area contributed by atoms with Crippen LogP contribution in [0.2, 0.25) is 0 Å². The highest BCUT2D eigenvalue weighted by molar-refractivity contribution is 7.99. The van der Waals surface area contributed by atoms with Crippen LogP contribution in [0.3, 0.4) is 0 Å². The zero-order valence-corrected chi connectivity index (χ0v) is 13.8. The van der Waals surface area contributed by atoms with Crippen LogP contribution in [0.1, 0.15) is 11.1 Å². The third-order valence-electron chi connectivity index (χ3n) is 3.49. The number of pyridine rings is 2. The summed E-state index contributed by atoms with van der Waals surface area (Å²) in [5.74, 6) is 0.0670. The Bertz CT molecular complexity index is 1020. The summed E-state index contributed by atoms with van der Waals surface area (Å²) >= 11 is 1.24. The van der Waals surface area contributed by atoms with E-state index in [0.717, 1.165) is 4.90 Å². The number of rotatable bonds is 3. The van der Waals surface area contributed by atoms with Crippen LogP contribution in [0.4, 0.5) is 11.5 Å². The van der Waals surface area contributed by atoms with Crippen molar-refractivity contribution in [1.29, 1.82) is 10.5 Å². The lowest BCUT2D eigenvalue weighted by atomic mass is 9.98. The quantitative estimate of drug-likeness (QED) is 0.699. The molecule has 2 heterocycles. The smallest absolute Gasteiger partial charge is 0.143 e. The van der Waals surface area contributed by atoms with Gasteiger partial charge >= 0.3 is 0 Å². The van der Waals surface area contributed by atoms with Crippen LogP contribution in [-0.2, 0) is 0 Å². The van der Waals surface area contributed by atoms with Gasteiger partial charge in [0.25, 0.3) is 0 Å². The van der Waals surface area contributed by atoms with Gasteiger partial charge in [-0.1, -0.05) is 30.0 Å². The molecular weight excluding hydrogens is 332 g/mol. The maximum Gasteiger partial charge on any atom is 0.143 e. The van der Waals surface area contributed by atoms with E-state index in [9.17, 15) is 10.5 Å². The SMILES string of the molecule is N#Cc1c(N)nc(Sc2ccccc2N)c(C#N)c1-c1cccnc1. The predicted molar refractivity (Wildman–Crippen MR) is 96.3 cm³/mol. The maximum atomic E-state index is 9.71. The first-order valence-corrected chi connectivity index (χ1v) is 8.03. The Balaban J connectivity index is 2.25. The van der Waals surface area contributed by atoms with Crippen LogP contribution in [0, 0.1) is 22.7 Å². The Morgan fingerprint density at radius 3 is 2.36 bits per heavy atom. The molecule has 120 valence electrons. The molecule has 0 aliphatic carbocycles. The Hall–Kier alpha value is -3.55. The number of nitriles is 2. The summed E-state index contributed by atoms with van der Waals surface area (Å²) in [6.45, 7) is 0. The number of nitrogen functional groups attached to an aromatic ring is 2. The molecule has 0 saturated carbocycles. The molecule has 6 nitrogen and oxygen atoms in total. The van der Waals surface area contributed by atoms with E-state index in [2.05, 4.69) is 16.0 Å². The van der Waals surface area contributed by atoms with Gasteiger partial charge in [0, 0.05) is 34.1 Å². The number of benzene rings is 1. The van der Waals surface area contributed by atoms with Crippen LogP contribution in [0.15, 0.2) is 58.7 Å². The minimum absolute atomic E-state index is 0.0670. The largest absolute Gasteiger partial charge is 0.398 e. The Morgan fingerprint density at radius 1 is 0.960 bits per heavy atom. The Morgan fingerprint density at radius 2 is 1.72 bits per heavy atom. The van der Waals surface area contributed by atoms with Crippen LogP contribution >= 0.6 is 11.8 Å². The van der Waals surface area contributed by atoms with Gasteiger partial charge in [-0.05, 0) is 18.2 Å². The summed E-state index contributed by atoms with van der Waals surface area (Å²) in [4.78, 5) is 9.08. The minimum atomic E-state index is 0.0670. The molecule has 2 aromatic heterocycles. The topological polar surface area (TPSA) is 125 Å². The lowest BCUT2D eigenvalue weighted by molar-refractivity contribution is 1.11. The molecule has 4 N–H and O–H groups in total. The van der Waals surface area contributed by atoms with E-state index in [-0.39, 0.29) is 16.9 Å². The van der Waals surface area contributed by atoms with Gasteiger partial charge in [0.2, 0.25) is 0 Å². The summed E-state index contributed by atoms with van der Waals surface area (Å²) in [6, 6.07) is 15.0.